The zero-order valence-electron chi connectivity index (χ0n) is 22.7. The first-order valence-corrected chi connectivity index (χ1v) is 14.1. The molecule has 1 heterocycles. The lowest BCUT2D eigenvalue weighted by atomic mass is 10.0. The highest BCUT2D eigenvalue weighted by atomic mass is 32.2. The van der Waals surface area contributed by atoms with Crippen LogP contribution in [-0.2, 0) is 26.2 Å². The van der Waals surface area contributed by atoms with E-state index in [1.54, 1.807) is 39.1 Å². The fourth-order valence-corrected chi connectivity index (χ4v) is 5.47. The average molecular weight is 541 g/mol. The second-order valence-corrected chi connectivity index (χ2v) is 11.3. The predicted octanol–water partition coefficient (Wildman–Crippen LogP) is 4.66. The number of benzene rings is 2. The van der Waals surface area contributed by atoms with Gasteiger partial charge in [0.1, 0.15) is 6.04 Å². The van der Waals surface area contributed by atoms with Crippen LogP contribution in [0.4, 0.5) is 5.88 Å². The molecular formula is C28H36N4O5S. The van der Waals surface area contributed by atoms with Gasteiger partial charge in [-0.3, -0.25) is 9.59 Å². The molecule has 0 saturated carbocycles. The van der Waals surface area contributed by atoms with Gasteiger partial charge in [0.15, 0.2) is 0 Å². The van der Waals surface area contributed by atoms with Crippen LogP contribution in [0.15, 0.2) is 57.9 Å². The Bertz CT molecular complexity index is 1380. The zero-order chi connectivity index (χ0) is 28.0. The number of aryl methyl sites for hydroxylation is 1. The number of rotatable bonds is 11. The maximum atomic E-state index is 13.2. The number of carbonyl (C=O) groups excluding carboxylic acids is 2. The van der Waals surface area contributed by atoms with Crippen molar-refractivity contribution in [3.05, 3.63) is 65.4 Å². The number of anilines is 1. The number of sulfonamides is 1. The highest BCUT2D eigenvalue weighted by Gasteiger charge is 2.29. The van der Waals surface area contributed by atoms with E-state index in [-0.39, 0.29) is 35.1 Å². The number of aromatic nitrogens is 1. The van der Waals surface area contributed by atoms with Gasteiger partial charge in [0, 0.05) is 31.1 Å². The Morgan fingerprint density at radius 2 is 1.71 bits per heavy atom. The summed E-state index contributed by atoms with van der Waals surface area (Å²) in [5, 5.41) is 6.74. The summed E-state index contributed by atoms with van der Waals surface area (Å²) in [5.41, 5.74) is 3.31. The van der Waals surface area contributed by atoms with E-state index in [9.17, 15) is 18.0 Å². The molecule has 10 heteroatoms. The average Bonchev–Trinajstić information content (AvgIpc) is 3.19. The van der Waals surface area contributed by atoms with Gasteiger partial charge >= 0.3 is 0 Å². The van der Waals surface area contributed by atoms with Crippen LogP contribution in [0.5, 0.6) is 0 Å². The van der Waals surface area contributed by atoms with Crippen molar-refractivity contribution in [2.45, 2.75) is 64.9 Å². The minimum absolute atomic E-state index is 0.0418. The summed E-state index contributed by atoms with van der Waals surface area (Å²) < 4.78 is 34.0. The molecule has 3 aromatic rings. The zero-order valence-corrected chi connectivity index (χ0v) is 23.6. The van der Waals surface area contributed by atoms with Crippen molar-refractivity contribution < 1.29 is 22.5 Å². The summed E-state index contributed by atoms with van der Waals surface area (Å²) in [6.45, 7) is 9.52. The van der Waals surface area contributed by atoms with Crippen LogP contribution < -0.4 is 10.0 Å². The molecule has 3 rings (SSSR count). The highest BCUT2D eigenvalue weighted by molar-refractivity contribution is 7.92. The molecule has 0 spiro atoms. The van der Waals surface area contributed by atoms with Crippen molar-refractivity contribution in [2.24, 2.45) is 5.92 Å². The van der Waals surface area contributed by atoms with Gasteiger partial charge in [-0.05, 0) is 43.4 Å². The summed E-state index contributed by atoms with van der Waals surface area (Å²) in [6.07, 6.45) is 1.13. The molecule has 0 unspecified atom stereocenters. The molecule has 0 radical (unpaired) electrons. The van der Waals surface area contributed by atoms with Gasteiger partial charge in [0.25, 0.3) is 10.0 Å². The number of likely N-dealkylation sites (N-methyl/N-ethyl adjacent to an activating group) is 1. The van der Waals surface area contributed by atoms with Crippen molar-refractivity contribution in [1.29, 1.82) is 0 Å². The molecule has 2 N–H and O–H groups in total. The van der Waals surface area contributed by atoms with E-state index in [1.165, 1.54) is 11.0 Å². The van der Waals surface area contributed by atoms with E-state index < -0.39 is 16.1 Å². The van der Waals surface area contributed by atoms with Crippen molar-refractivity contribution >= 4 is 27.7 Å². The Morgan fingerprint density at radius 1 is 1.05 bits per heavy atom. The first-order valence-electron chi connectivity index (χ1n) is 12.6. The van der Waals surface area contributed by atoms with Gasteiger partial charge in [-0.1, -0.05) is 68.4 Å². The van der Waals surface area contributed by atoms with Gasteiger partial charge in [-0.25, -0.2) is 13.1 Å². The fourth-order valence-electron chi connectivity index (χ4n) is 4.19. The highest BCUT2D eigenvalue weighted by Crippen LogP contribution is 2.30. The number of nitrogens with one attached hydrogen (secondary N) is 2. The molecule has 0 fully saturated rings. The van der Waals surface area contributed by atoms with Crippen LogP contribution in [-0.4, -0.2) is 43.4 Å². The van der Waals surface area contributed by atoms with Gasteiger partial charge in [-0.2, -0.15) is 0 Å². The second kappa shape index (κ2) is 12.3. The lowest BCUT2D eigenvalue weighted by Gasteiger charge is -2.30. The predicted molar refractivity (Wildman–Crippen MR) is 147 cm³/mol. The first kappa shape index (κ1) is 28.9. The number of nitrogens with zero attached hydrogens (tertiary/aromatic N) is 2. The monoisotopic (exact) mass is 540 g/mol. The Hall–Kier alpha value is -3.66. The molecule has 9 nitrogen and oxygen atoms in total. The smallest absolute Gasteiger partial charge is 0.264 e. The Balaban J connectivity index is 1.75. The normalized spacial score (nSPS) is 12.3. The molecule has 0 aliphatic heterocycles. The minimum Gasteiger partial charge on any atom is -0.350 e. The third-order valence-corrected chi connectivity index (χ3v) is 7.86. The maximum absolute atomic E-state index is 13.2. The Labute approximate surface area is 224 Å². The van der Waals surface area contributed by atoms with Crippen LogP contribution in [0, 0.1) is 19.8 Å². The van der Waals surface area contributed by atoms with Gasteiger partial charge < -0.3 is 14.7 Å². The number of hydrogen-bond acceptors (Lipinski definition) is 6. The van der Waals surface area contributed by atoms with E-state index >= 15 is 0 Å². The molecule has 204 valence electrons. The fraction of sp³-hybridized carbons (Fsp3) is 0.393. The van der Waals surface area contributed by atoms with Crippen molar-refractivity contribution in [1.82, 2.24) is 15.4 Å². The van der Waals surface area contributed by atoms with E-state index in [1.807, 2.05) is 45.0 Å². The van der Waals surface area contributed by atoms with Crippen LogP contribution in [0.3, 0.4) is 0 Å². The van der Waals surface area contributed by atoms with Crippen molar-refractivity contribution in [3.63, 3.8) is 0 Å². The van der Waals surface area contributed by atoms with Crippen LogP contribution in [0.1, 0.15) is 50.4 Å². The maximum Gasteiger partial charge on any atom is 0.264 e. The molecule has 1 aromatic heterocycles. The van der Waals surface area contributed by atoms with Crippen molar-refractivity contribution in [3.8, 4) is 11.1 Å². The molecule has 0 bridgehead atoms. The standard InChI is InChI=1S/C28H36N4O5S/c1-7-10-25(33)32(6)26(18(2)3)27(34)29-17-21-13-15-22(16-14-21)23-11-8-9-12-24(23)38(35,36)31-28-19(4)20(5)30-37-28/h8-9,11-16,18,26,31H,7,10,17H2,1-6H3,(H,29,34)/t26-/m0/s1. The molecule has 0 aliphatic carbocycles. The van der Waals surface area contributed by atoms with E-state index in [0.29, 0.717) is 28.8 Å². The third kappa shape index (κ3) is 6.61. The lowest BCUT2D eigenvalue weighted by molar-refractivity contribution is -0.140. The Kier molecular flexibility index (Phi) is 9.32. The van der Waals surface area contributed by atoms with Gasteiger partial charge in [0.05, 0.1) is 10.6 Å². The summed E-state index contributed by atoms with van der Waals surface area (Å²) in [7, 11) is -2.27. The number of amides is 2. The quantitative estimate of drug-likeness (QED) is 0.365. The van der Waals surface area contributed by atoms with E-state index in [4.69, 9.17) is 4.52 Å². The van der Waals surface area contributed by atoms with Gasteiger partial charge in [0.2, 0.25) is 17.7 Å². The molecular weight excluding hydrogens is 504 g/mol. The van der Waals surface area contributed by atoms with Crippen LogP contribution in [0.25, 0.3) is 11.1 Å². The summed E-state index contributed by atoms with van der Waals surface area (Å²) >= 11 is 0. The van der Waals surface area contributed by atoms with Crippen LogP contribution >= 0.6 is 0 Å². The molecule has 2 amide bonds. The first-order chi connectivity index (χ1) is 18.0. The number of carbonyl (C=O) groups is 2. The minimum atomic E-state index is -3.94. The van der Waals surface area contributed by atoms with Crippen molar-refractivity contribution in [2.75, 3.05) is 11.8 Å². The van der Waals surface area contributed by atoms with Crippen LogP contribution in [0.2, 0.25) is 0 Å². The molecule has 1 atom stereocenters. The summed E-state index contributed by atoms with van der Waals surface area (Å²) in [6, 6.07) is 13.5. The molecule has 0 aliphatic rings. The van der Waals surface area contributed by atoms with E-state index in [0.717, 1.165) is 12.0 Å². The second-order valence-electron chi connectivity index (χ2n) is 9.68. The molecule has 0 saturated heterocycles. The topological polar surface area (TPSA) is 122 Å². The number of hydrogen-bond donors (Lipinski definition) is 2. The molecule has 38 heavy (non-hydrogen) atoms. The SMILES string of the molecule is CCCC(=O)N(C)[C@H](C(=O)NCc1ccc(-c2ccccc2S(=O)(=O)Nc2onc(C)c2C)cc1)C(C)C. The van der Waals surface area contributed by atoms with E-state index in [2.05, 4.69) is 15.2 Å². The third-order valence-electron chi connectivity index (χ3n) is 6.47. The van der Waals surface area contributed by atoms with Gasteiger partial charge in [-0.15, -0.1) is 0 Å². The molecule has 2 aromatic carbocycles. The summed E-state index contributed by atoms with van der Waals surface area (Å²) in [5.74, 6) is -0.219. The Morgan fingerprint density at radius 3 is 2.29 bits per heavy atom. The largest absolute Gasteiger partial charge is 0.350 e. The summed E-state index contributed by atoms with van der Waals surface area (Å²) in [4.78, 5) is 26.9. The lowest BCUT2D eigenvalue weighted by Crippen LogP contribution is -2.50.